The van der Waals surface area contributed by atoms with Crippen LogP contribution >= 0.6 is 11.6 Å². The van der Waals surface area contributed by atoms with Crippen molar-refractivity contribution < 1.29 is 16.8 Å². The van der Waals surface area contributed by atoms with Crippen LogP contribution in [0.3, 0.4) is 0 Å². The number of benzene rings is 2. The first-order valence-electron chi connectivity index (χ1n) is 7.91. The molecule has 0 radical (unpaired) electrons. The Bertz CT molecular complexity index is 1260. The number of sulfone groups is 1. The van der Waals surface area contributed by atoms with Gasteiger partial charge in [0, 0.05) is 10.4 Å². The van der Waals surface area contributed by atoms with Gasteiger partial charge in [0.1, 0.15) is 11.6 Å². The molecule has 0 saturated heterocycles. The molecule has 0 spiro atoms. The number of imidazole rings is 1. The molecule has 9 heteroatoms. The quantitative estimate of drug-likeness (QED) is 0.626. The molecule has 1 aromatic heterocycles. The predicted molar refractivity (Wildman–Crippen MR) is 108 cm³/mol. The van der Waals surface area contributed by atoms with Gasteiger partial charge in [-0.3, -0.25) is 0 Å². The van der Waals surface area contributed by atoms with Crippen LogP contribution in [0.4, 0.5) is 0 Å². The second kappa shape index (κ2) is 7.10. The summed E-state index contributed by atoms with van der Waals surface area (Å²) in [5.74, 6) is -0.576. The van der Waals surface area contributed by atoms with Gasteiger partial charge in [-0.15, -0.1) is 0 Å². The minimum atomic E-state index is -3.75. The van der Waals surface area contributed by atoms with Crippen LogP contribution < -0.4 is 0 Å². The van der Waals surface area contributed by atoms with Crippen molar-refractivity contribution in [1.82, 2.24) is 8.96 Å². The Labute approximate surface area is 163 Å². The summed E-state index contributed by atoms with van der Waals surface area (Å²) in [7, 11) is -7.46. The molecule has 0 aliphatic carbocycles. The number of aryl methyl sites for hydroxylation is 1. The zero-order chi connectivity index (χ0) is 19.8. The van der Waals surface area contributed by atoms with Crippen molar-refractivity contribution in [3.8, 4) is 0 Å². The van der Waals surface area contributed by atoms with Crippen LogP contribution in [0.5, 0.6) is 0 Å². The molecule has 0 bridgehead atoms. The molecular weight excluding hydrogens is 408 g/mol. The summed E-state index contributed by atoms with van der Waals surface area (Å²) in [4.78, 5) is 4.20. The lowest BCUT2D eigenvalue weighted by molar-refractivity contribution is 0.592. The van der Waals surface area contributed by atoms with E-state index in [0.29, 0.717) is 21.6 Å². The predicted octanol–water partition coefficient (Wildman–Crippen LogP) is 3.39. The monoisotopic (exact) mass is 424 g/mol. The molecule has 27 heavy (non-hydrogen) atoms. The Morgan fingerprint density at radius 1 is 1.11 bits per heavy atom. The van der Waals surface area contributed by atoms with E-state index < -0.39 is 25.6 Å². The Hall–Kier alpha value is -2.16. The summed E-state index contributed by atoms with van der Waals surface area (Å²) in [6.07, 6.45) is 2.47. The third-order valence-electron chi connectivity index (χ3n) is 3.90. The van der Waals surface area contributed by atoms with E-state index in [1.165, 1.54) is 6.08 Å². The average Bonchev–Trinajstić information content (AvgIpc) is 2.93. The highest BCUT2D eigenvalue weighted by Gasteiger charge is 2.21. The number of aromatic nitrogens is 2. The number of fused-ring (bicyclic) bond motifs is 1. The van der Waals surface area contributed by atoms with Gasteiger partial charge in [-0.1, -0.05) is 35.9 Å². The molecule has 0 saturated carbocycles. The lowest BCUT2D eigenvalue weighted by atomic mass is 10.1. The zero-order valence-corrected chi connectivity index (χ0v) is 17.0. The Balaban J connectivity index is 1.98. The first-order valence-corrected chi connectivity index (χ1v) is 11.8. The molecule has 2 aromatic carbocycles. The highest BCUT2D eigenvalue weighted by molar-refractivity contribution is 7.93. The minimum Gasteiger partial charge on any atom is -0.231 e. The summed E-state index contributed by atoms with van der Waals surface area (Å²) >= 11 is 5.97. The zero-order valence-electron chi connectivity index (χ0n) is 14.6. The summed E-state index contributed by atoms with van der Waals surface area (Å²) in [6.45, 7) is 1.82. The highest BCUT2D eigenvalue weighted by atomic mass is 35.5. The summed E-state index contributed by atoms with van der Waals surface area (Å²) in [5, 5.41) is 1.65. The van der Waals surface area contributed by atoms with Crippen molar-refractivity contribution in [2.45, 2.75) is 12.7 Å². The maximum atomic E-state index is 12.5. The largest absolute Gasteiger partial charge is 0.237 e. The summed E-state index contributed by atoms with van der Waals surface area (Å²) in [6, 6.07) is 11.8. The van der Waals surface area contributed by atoms with Crippen molar-refractivity contribution in [3.05, 3.63) is 69.8 Å². The van der Waals surface area contributed by atoms with E-state index in [1.807, 2.05) is 6.92 Å². The van der Waals surface area contributed by atoms with Gasteiger partial charge < -0.3 is 0 Å². The van der Waals surface area contributed by atoms with Crippen LogP contribution in [-0.2, 0) is 25.6 Å². The smallest absolute Gasteiger partial charge is 0.231 e. The molecule has 1 heterocycles. The van der Waals surface area contributed by atoms with Gasteiger partial charge in [-0.2, -0.15) is 0 Å². The Morgan fingerprint density at radius 2 is 1.81 bits per heavy atom. The molecule has 0 aliphatic heterocycles. The van der Waals surface area contributed by atoms with Crippen molar-refractivity contribution in [3.63, 3.8) is 0 Å². The Kier molecular flexibility index (Phi) is 5.16. The first kappa shape index (κ1) is 19.6. The molecule has 0 aliphatic rings. The van der Waals surface area contributed by atoms with E-state index in [2.05, 4.69) is 4.98 Å². The molecule has 142 valence electrons. The van der Waals surface area contributed by atoms with Gasteiger partial charge in [0.25, 0.3) is 0 Å². The molecule has 0 N–H and O–H groups in total. The molecule has 0 atom stereocenters. The van der Waals surface area contributed by atoms with Gasteiger partial charge in [-0.05, 0) is 42.3 Å². The van der Waals surface area contributed by atoms with Crippen molar-refractivity contribution >= 4 is 48.6 Å². The topological polar surface area (TPSA) is 86.1 Å². The van der Waals surface area contributed by atoms with Gasteiger partial charge in [0.2, 0.25) is 10.0 Å². The number of nitrogens with zero attached hydrogens (tertiary/aromatic N) is 2. The highest BCUT2D eigenvalue weighted by Crippen LogP contribution is 2.21. The van der Waals surface area contributed by atoms with Gasteiger partial charge in [-0.25, -0.2) is 25.8 Å². The number of hydrogen-bond acceptors (Lipinski definition) is 5. The maximum Gasteiger partial charge on any atom is 0.237 e. The molecule has 3 rings (SSSR count). The number of hydrogen-bond donors (Lipinski definition) is 0. The summed E-state index contributed by atoms with van der Waals surface area (Å²) in [5.41, 5.74) is 2.28. The minimum absolute atomic E-state index is 0.0457. The van der Waals surface area contributed by atoms with E-state index in [-0.39, 0.29) is 5.82 Å². The number of para-hydroxylation sites is 2. The third kappa shape index (κ3) is 4.40. The van der Waals surface area contributed by atoms with E-state index in [0.717, 1.165) is 21.2 Å². The van der Waals surface area contributed by atoms with E-state index in [9.17, 15) is 16.8 Å². The van der Waals surface area contributed by atoms with E-state index >= 15 is 0 Å². The van der Waals surface area contributed by atoms with Crippen LogP contribution in [0.25, 0.3) is 17.1 Å². The van der Waals surface area contributed by atoms with E-state index in [1.54, 1.807) is 42.5 Å². The standard InChI is InChI=1S/C18H17ClN2O4S2/c1-13-11-14(7-8-15(13)19)9-10-27(24,25)12-18-20-16-5-3-4-6-17(16)21(18)26(2,22)23/h3-11H,12H2,1-2H3/b10-9+. The Morgan fingerprint density at radius 3 is 2.48 bits per heavy atom. The van der Waals surface area contributed by atoms with Crippen LogP contribution in [0.2, 0.25) is 5.02 Å². The molecular formula is C18H17ClN2O4S2. The van der Waals surface area contributed by atoms with Crippen LogP contribution in [-0.4, -0.2) is 32.0 Å². The second-order valence-electron chi connectivity index (χ2n) is 6.16. The van der Waals surface area contributed by atoms with Crippen LogP contribution in [0.15, 0.2) is 47.9 Å². The maximum absolute atomic E-state index is 12.5. The summed E-state index contributed by atoms with van der Waals surface area (Å²) < 4.78 is 50.3. The average molecular weight is 425 g/mol. The van der Waals surface area contributed by atoms with Crippen LogP contribution in [0.1, 0.15) is 17.0 Å². The van der Waals surface area contributed by atoms with Crippen molar-refractivity contribution in [2.75, 3.05) is 6.26 Å². The SMILES string of the molecule is Cc1cc(/C=C/S(=O)(=O)Cc2nc3ccccc3n2S(C)(=O)=O)ccc1Cl. The second-order valence-corrected chi connectivity index (χ2v) is 10.3. The van der Waals surface area contributed by atoms with E-state index in [4.69, 9.17) is 11.6 Å². The lowest BCUT2D eigenvalue weighted by Gasteiger charge is -2.06. The van der Waals surface area contributed by atoms with Crippen LogP contribution in [0, 0.1) is 6.92 Å². The first-order chi connectivity index (χ1) is 12.6. The fourth-order valence-corrected chi connectivity index (χ4v) is 4.91. The molecule has 6 nitrogen and oxygen atoms in total. The fourth-order valence-electron chi connectivity index (χ4n) is 2.70. The molecule has 0 fully saturated rings. The van der Waals surface area contributed by atoms with Gasteiger partial charge >= 0.3 is 0 Å². The lowest BCUT2D eigenvalue weighted by Crippen LogP contribution is -2.16. The number of halogens is 1. The van der Waals surface area contributed by atoms with Crippen molar-refractivity contribution in [2.24, 2.45) is 0 Å². The third-order valence-corrected chi connectivity index (χ3v) is 6.60. The van der Waals surface area contributed by atoms with Gasteiger partial charge in [0.05, 0.1) is 17.3 Å². The molecule has 3 aromatic rings. The molecule has 0 unspecified atom stereocenters. The van der Waals surface area contributed by atoms with Gasteiger partial charge in [0.15, 0.2) is 9.84 Å². The number of rotatable bonds is 5. The normalized spacial score (nSPS) is 12.9. The fraction of sp³-hybridized carbons (Fsp3) is 0.167. The molecule has 0 amide bonds. The van der Waals surface area contributed by atoms with Crippen molar-refractivity contribution in [1.29, 1.82) is 0 Å².